The highest BCUT2D eigenvalue weighted by molar-refractivity contribution is 7.99. The Morgan fingerprint density at radius 2 is 1.75 bits per heavy atom. The Hall–Kier alpha value is -3.32. The van der Waals surface area contributed by atoms with E-state index in [1.54, 1.807) is 12.1 Å². The van der Waals surface area contributed by atoms with Crippen LogP contribution in [0.5, 0.6) is 5.75 Å². The van der Waals surface area contributed by atoms with E-state index in [0.717, 1.165) is 10.5 Å². The van der Waals surface area contributed by atoms with Crippen LogP contribution < -0.4 is 10.1 Å². The number of amides is 1. The number of anilines is 1. The first kappa shape index (κ1) is 19.4. The van der Waals surface area contributed by atoms with E-state index in [2.05, 4.69) is 5.32 Å². The van der Waals surface area contributed by atoms with Gasteiger partial charge in [-0.15, -0.1) is 0 Å². The molecule has 0 radical (unpaired) electrons. The molecule has 0 aliphatic heterocycles. The summed E-state index contributed by atoms with van der Waals surface area (Å²) in [7, 11) is 0. The molecular formula is C21H18N2O4S. The molecule has 1 amide bonds. The molecule has 7 heteroatoms. The van der Waals surface area contributed by atoms with E-state index in [1.807, 2.05) is 55.5 Å². The second-order valence-corrected chi connectivity index (χ2v) is 7.14. The summed E-state index contributed by atoms with van der Waals surface area (Å²) < 4.78 is 5.52. The monoisotopic (exact) mass is 394 g/mol. The molecule has 0 aliphatic carbocycles. The fraction of sp³-hybridized carbons (Fsp3) is 0.0952. The van der Waals surface area contributed by atoms with Gasteiger partial charge >= 0.3 is 0 Å². The molecule has 0 aromatic heterocycles. The van der Waals surface area contributed by atoms with Crippen LogP contribution in [0.15, 0.2) is 82.6 Å². The molecule has 0 saturated heterocycles. The third-order valence-corrected chi connectivity index (χ3v) is 4.80. The summed E-state index contributed by atoms with van der Waals surface area (Å²) in [5, 5.41) is 13.9. The number of nitrogens with one attached hydrogen (secondary N) is 1. The zero-order valence-corrected chi connectivity index (χ0v) is 15.9. The summed E-state index contributed by atoms with van der Waals surface area (Å²) in [5.74, 6) is 0.233. The smallest absolute Gasteiger partial charge is 0.272 e. The highest BCUT2D eigenvalue weighted by Gasteiger charge is 2.13. The van der Waals surface area contributed by atoms with Crippen molar-refractivity contribution in [2.24, 2.45) is 0 Å². The van der Waals surface area contributed by atoms with Crippen LogP contribution >= 0.6 is 11.8 Å². The Labute approximate surface area is 166 Å². The number of aryl methyl sites for hydroxylation is 1. The number of hydrogen-bond donors (Lipinski definition) is 1. The predicted octanol–water partition coefficient (Wildman–Crippen LogP) is 5.07. The van der Waals surface area contributed by atoms with Gasteiger partial charge in [-0.05, 0) is 36.8 Å². The Kier molecular flexibility index (Phi) is 6.29. The highest BCUT2D eigenvalue weighted by Crippen LogP contribution is 2.32. The Bertz CT molecular complexity index is 993. The van der Waals surface area contributed by atoms with E-state index >= 15 is 0 Å². The van der Waals surface area contributed by atoms with Gasteiger partial charge in [-0.25, -0.2) is 0 Å². The summed E-state index contributed by atoms with van der Waals surface area (Å²) in [4.78, 5) is 24.6. The molecule has 0 fully saturated rings. The van der Waals surface area contributed by atoms with Gasteiger partial charge in [0.05, 0.1) is 4.92 Å². The van der Waals surface area contributed by atoms with Crippen molar-refractivity contribution < 1.29 is 14.5 Å². The fourth-order valence-electron chi connectivity index (χ4n) is 2.50. The van der Waals surface area contributed by atoms with Gasteiger partial charge in [-0.1, -0.05) is 48.2 Å². The lowest BCUT2D eigenvalue weighted by atomic mass is 10.2. The first-order valence-electron chi connectivity index (χ1n) is 8.52. The van der Waals surface area contributed by atoms with Crippen LogP contribution in [0.2, 0.25) is 0 Å². The van der Waals surface area contributed by atoms with Crippen LogP contribution in [-0.4, -0.2) is 17.4 Å². The molecule has 0 unspecified atom stereocenters. The van der Waals surface area contributed by atoms with Gasteiger partial charge in [0.15, 0.2) is 6.61 Å². The average Bonchev–Trinajstić information content (AvgIpc) is 2.68. The van der Waals surface area contributed by atoms with Crippen molar-refractivity contribution in [3.05, 3.63) is 88.5 Å². The molecule has 28 heavy (non-hydrogen) atoms. The number of carbonyl (C=O) groups is 1. The lowest BCUT2D eigenvalue weighted by Crippen LogP contribution is -2.20. The molecule has 3 aromatic carbocycles. The standard InChI is InChI=1S/C21H18N2O4S/c1-15-7-5-6-10-20(15)27-14-21(24)22-16-11-17(23(25)26)13-19(12-16)28-18-8-3-2-4-9-18/h2-13H,14H2,1H3,(H,22,24). The van der Waals surface area contributed by atoms with Crippen LogP contribution in [0.25, 0.3) is 0 Å². The number of nitrogens with zero attached hydrogens (tertiary/aromatic N) is 1. The summed E-state index contributed by atoms with van der Waals surface area (Å²) in [6.45, 7) is 1.70. The van der Waals surface area contributed by atoms with Crippen molar-refractivity contribution in [2.45, 2.75) is 16.7 Å². The van der Waals surface area contributed by atoms with Crippen molar-refractivity contribution >= 4 is 29.0 Å². The maximum atomic E-state index is 12.2. The number of hydrogen-bond acceptors (Lipinski definition) is 5. The summed E-state index contributed by atoms with van der Waals surface area (Å²) >= 11 is 1.39. The van der Waals surface area contributed by atoms with Crippen molar-refractivity contribution in [3.8, 4) is 5.75 Å². The Balaban J connectivity index is 1.72. The average molecular weight is 394 g/mol. The number of rotatable bonds is 7. The second kappa shape index (κ2) is 9.05. The van der Waals surface area contributed by atoms with Crippen molar-refractivity contribution in [1.82, 2.24) is 0 Å². The van der Waals surface area contributed by atoms with Gasteiger partial charge in [-0.2, -0.15) is 0 Å². The molecule has 0 saturated carbocycles. The van der Waals surface area contributed by atoms with Crippen molar-refractivity contribution in [2.75, 3.05) is 11.9 Å². The molecule has 0 atom stereocenters. The molecule has 0 aliphatic rings. The summed E-state index contributed by atoms with van der Waals surface area (Å²) in [6.07, 6.45) is 0. The third kappa shape index (κ3) is 5.34. The predicted molar refractivity (Wildman–Crippen MR) is 109 cm³/mol. The molecule has 0 spiro atoms. The number of ether oxygens (including phenoxy) is 1. The van der Waals surface area contributed by atoms with Crippen LogP contribution in [0.1, 0.15) is 5.56 Å². The first-order chi connectivity index (χ1) is 13.5. The van der Waals surface area contributed by atoms with Gasteiger partial charge in [-0.3, -0.25) is 14.9 Å². The molecule has 3 rings (SSSR count). The molecule has 142 valence electrons. The van der Waals surface area contributed by atoms with Gasteiger partial charge in [0.25, 0.3) is 11.6 Å². The van der Waals surface area contributed by atoms with Gasteiger partial charge < -0.3 is 10.1 Å². The van der Waals surface area contributed by atoms with Gasteiger partial charge in [0.1, 0.15) is 5.75 Å². The van der Waals surface area contributed by atoms with E-state index in [4.69, 9.17) is 4.74 Å². The normalized spacial score (nSPS) is 10.3. The van der Waals surface area contributed by atoms with E-state index in [0.29, 0.717) is 16.3 Å². The topological polar surface area (TPSA) is 81.5 Å². The Morgan fingerprint density at radius 3 is 2.46 bits per heavy atom. The van der Waals surface area contributed by atoms with E-state index in [-0.39, 0.29) is 18.2 Å². The SMILES string of the molecule is Cc1ccccc1OCC(=O)Nc1cc(Sc2ccccc2)cc([N+](=O)[O-])c1. The summed E-state index contributed by atoms with van der Waals surface area (Å²) in [6, 6.07) is 21.4. The maximum absolute atomic E-state index is 12.2. The largest absolute Gasteiger partial charge is 0.483 e. The van der Waals surface area contributed by atoms with Crippen LogP contribution in [0.3, 0.4) is 0 Å². The fourth-order valence-corrected chi connectivity index (χ4v) is 3.43. The number of para-hydroxylation sites is 1. The quantitative estimate of drug-likeness (QED) is 0.447. The van der Waals surface area contributed by atoms with E-state index in [9.17, 15) is 14.9 Å². The molecule has 6 nitrogen and oxygen atoms in total. The highest BCUT2D eigenvalue weighted by atomic mass is 32.2. The van der Waals surface area contributed by atoms with E-state index in [1.165, 1.54) is 23.9 Å². The molecule has 0 bridgehead atoms. The lowest BCUT2D eigenvalue weighted by Gasteiger charge is -2.10. The lowest BCUT2D eigenvalue weighted by molar-refractivity contribution is -0.385. The van der Waals surface area contributed by atoms with Crippen molar-refractivity contribution in [3.63, 3.8) is 0 Å². The second-order valence-electron chi connectivity index (χ2n) is 5.99. The number of benzene rings is 3. The number of nitro benzene ring substituents is 1. The molecule has 3 aromatic rings. The zero-order valence-electron chi connectivity index (χ0n) is 15.1. The molecule has 1 N–H and O–H groups in total. The summed E-state index contributed by atoms with van der Waals surface area (Å²) in [5.41, 5.74) is 1.19. The minimum Gasteiger partial charge on any atom is -0.483 e. The third-order valence-electron chi connectivity index (χ3n) is 3.82. The minimum absolute atomic E-state index is 0.0870. The van der Waals surface area contributed by atoms with Crippen LogP contribution in [-0.2, 0) is 4.79 Å². The molecular weight excluding hydrogens is 376 g/mol. The Morgan fingerprint density at radius 1 is 1.04 bits per heavy atom. The number of non-ortho nitro benzene ring substituents is 1. The first-order valence-corrected chi connectivity index (χ1v) is 9.33. The van der Waals surface area contributed by atoms with Crippen LogP contribution in [0, 0.1) is 17.0 Å². The maximum Gasteiger partial charge on any atom is 0.272 e. The van der Waals surface area contributed by atoms with Gasteiger partial charge in [0, 0.05) is 27.6 Å². The number of carbonyl (C=O) groups excluding carboxylic acids is 1. The van der Waals surface area contributed by atoms with Crippen LogP contribution in [0.4, 0.5) is 11.4 Å². The number of nitro groups is 1. The molecule has 0 heterocycles. The van der Waals surface area contributed by atoms with E-state index < -0.39 is 4.92 Å². The minimum atomic E-state index is -0.478. The van der Waals surface area contributed by atoms with Crippen molar-refractivity contribution in [1.29, 1.82) is 0 Å². The zero-order chi connectivity index (χ0) is 19.9. The van der Waals surface area contributed by atoms with Gasteiger partial charge in [0.2, 0.25) is 0 Å².